The summed E-state index contributed by atoms with van der Waals surface area (Å²) in [5, 5.41) is 0. The molecule has 134 valence electrons. The van der Waals surface area contributed by atoms with Crippen molar-refractivity contribution in [1.29, 1.82) is 0 Å². The minimum atomic E-state index is -3.75. The van der Waals surface area contributed by atoms with Crippen LogP contribution in [0.1, 0.15) is 11.1 Å². The predicted octanol–water partition coefficient (Wildman–Crippen LogP) is 2.20. The van der Waals surface area contributed by atoms with Gasteiger partial charge < -0.3 is 9.47 Å². The Morgan fingerprint density at radius 3 is 2.40 bits per heavy atom. The van der Waals surface area contributed by atoms with Gasteiger partial charge in [0.1, 0.15) is 25.5 Å². The summed E-state index contributed by atoms with van der Waals surface area (Å²) in [4.78, 5) is 11.8. The van der Waals surface area contributed by atoms with Crippen LogP contribution in [0.3, 0.4) is 0 Å². The highest BCUT2D eigenvalue weighted by molar-refractivity contribution is 7.89. The van der Waals surface area contributed by atoms with E-state index < -0.39 is 22.5 Å². The van der Waals surface area contributed by atoms with Gasteiger partial charge >= 0.3 is 5.97 Å². The number of carbonyl (C=O) groups excluding carboxylic acids is 1. The van der Waals surface area contributed by atoms with Gasteiger partial charge in [0.2, 0.25) is 10.0 Å². The van der Waals surface area contributed by atoms with Crippen LogP contribution in [0.5, 0.6) is 5.75 Å². The zero-order chi connectivity index (χ0) is 18.3. The van der Waals surface area contributed by atoms with Gasteiger partial charge in [-0.25, -0.2) is 8.42 Å². The van der Waals surface area contributed by atoms with Crippen LogP contribution in [-0.2, 0) is 19.6 Å². The number of nitrogens with one attached hydrogen (secondary N) is 1. The quantitative estimate of drug-likeness (QED) is 0.574. The summed E-state index contributed by atoms with van der Waals surface area (Å²) in [5.41, 5.74) is 1.86. The molecule has 7 heteroatoms. The third kappa shape index (κ3) is 5.88. The second-order valence-electron chi connectivity index (χ2n) is 5.45. The molecule has 0 spiro atoms. The van der Waals surface area contributed by atoms with Gasteiger partial charge in [0.05, 0.1) is 4.90 Å². The van der Waals surface area contributed by atoms with Gasteiger partial charge in [0.25, 0.3) is 0 Å². The van der Waals surface area contributed by atoms with Gasteiger partial charge in [-0.05, 0) is 49.2 Å². The Bertz CT molecular complexity index is 819. The van der Waals surface area contributed by atoms with Crippen LogP contribution in [0.25, 0.3) is 0 Å². The van der Waals surface area contributed by atoms with E-state index in [1.54, 1.807) is 24.3 Å². The minimum Gasteiger partial charge on any atom is -0.490 e. The smallest absolute Gasteiger partial charge is 0.321 e. The summed E-state index contributed by atoms with van der Waals surface area (Å²) in [6, 6.07) is 13.9. The van der Waals surface area contributed by atoms with Crippen molar-refractivity contribution < 1.29 is 22.7 Å². The molecule has 0 amide bonds. The highest BCUT2D eigenvalue weighted by Gasteiger charge is 2.16. The highest BCUT2D eigenvalue weighted by Crippen LogP contribution is 2.14. The third-order valence-corrected chi connectivity index (χ3v) is 4.95. The number of carbonyl (C=O) groups is 1. The lowest BCUT2D eigenvalue weighted by Gasteiger charge is -2.09. The van der Waals surface area contributed by atoms with Crippen LogP contribution < -0.4 is 9.46 Å². The van der Waals surface area contributed by atoms with E-state index in [-0.39, 0.29) is 18.1 Å². The number of hydrogen-bond acceptors (Lipinski definition) is 5. The van der Waals surface area contributed by atoms with Crippen LogP contribution >= 0.6 is 0 Å². The first-order valence-corrected chi connectivity index (χ1v) is 9.27. The molecule has 0 heterocycles. The number of sulfonamides is 1. The molecule has 0 aromatic heterocycles. The standard InChI is InChI=1S/C18H21NO5S/c1-14-8-9-17(12-15(14)2)25(21,22)19-13-18(20)24-11-10-23-16-6-4-3-5-7-16/h3-9,12,19H,10-11,13H2,1-2H3. The number of para-hydroxylation sites is 1. The Balaban J connectivity index is 1.76. The summed E-state index contributed by atoms with van der Waals surface area (Å²) in [7, 11) is -3.75. The van der Waals surface area contributed by atoms with Gasteiger partial charge in [0, 0.05) is 0 Å². The van der Waals surface area contributed by atoms with E-state index in [4.69, 9.17) is 9.47 Å². The molecule has 0 unspecified atom stereocenters. The van der Waals surface area contributed by atoms with E-state index in [1.807, 2.05) is 32.0 Å². The molecule has 0 bridgehead atoms. The summed E-state index contributed by atoms with van der Waals surface area (Å²) in [6.45, 7) is 3.53. The van der Waals surface area contributed by atoms with Crippen LogP contribution in [-0.4, -0.2) is 34.1 Å². The van der Waals surface area contributed by atoms with Crippen molar-refractivity contribution >= 4 is 16.0 Å². The normalized spacial score (nSPS) is 11.1. The van der Waals surface area contributed by atoms with Crippen molar-refractivity contribution in [3.63, 3.8) is 0 Å². The van der Waals surface area contributed by atoms with Gasteiger partial charge in [-0.15, -0.1) is 0 Å². The second-order valence-corrected chi connectivity index (χ2v) is 7.22. The number of rotatable bonds is 8. The summed E-state index contributed by atoms with van der Waals surface area (Å²) < 4.78 is 36.9. The largest absolute Gasteiger partial charge is 0.490 e. The fourth-order valence-corrected chi connectivity index (χ4v) is 3.05. The maximum Gasteiger partial charge on any atom is 0.321 e. The van der Waals surface area contributed by atoms with E-state index in [9.17, 15) is 13.2 Å². The van der Waals surface area contributed by atoms with E-state index in [0.717, 1.165) is 11.1 Å². The first-order valence-electron chi connectivity index (χ1n) is 7.79. The fourth-order valence-electron chi connectivity index (χ4n) is 2.00. The lowest BCUT2D eigenvalue weighted by Crippen LogP contribution is -2.31. The average molecular weight is 363 g/mol. The molecular formula is C18H21NO5S. The highest BCUT2D eigenvalue weighted by atomic mass is 32.2. The number of benzene rings is 2. The molecule has 25 heavy (non-hydrogen) atoms. The average Bonchev–Trinajstić information content (AvgIpc) is 2.60. The lowest BCUT2D eigenvalue weighted by molar-refractivity contribution is -0.142. The molecule has 0 atom stereocenters. The predicted molar refractivity (Wildman–Crippen MR) is 94.0 cm³/mol. The maximum atomic E-state index is 12.2. The monoisotopic (exact) mass is 363 g/mol. The van der Waals surface area contributed by atoms with Crippen molar-refractivity contribution in [2.75, 3.05) is 19.8 Å². The Kier molecular flexibility index (Phi) is 6.55. The maximum absolute atomic E-state index is 12.2. The molecule has 2 aromatic rings. The van der Waals surface area contributed by atoms with Crippen LogP contribution in [0, 0.1) is 13.8 Å². The van der Waals surface area contributed by atoms with Gasteiger partial charge in [-0.3, -0.25) is 4.79 Å². The molecule has 2 rings (SSSR count). The van der Waals surface area contributed by atoms with Crippen molar-refractivity contribution in [3.8, 4) is 5.75 Å². The summed E-state index contributed by atoms with van der Waals surface area (Å²) >= 11 is 0. The van der Waals surface area contributed by atoms with E-state index in [0.29, 0.717) is 5.75 Å². The van der Waals surface area contributed by atoms with Crippen molar-refractivity contribution in [1.82, 2.24) is 4.72 Å². The first-order chi connectivity index (χ1) is 11.9. The van der Waals surface area contributed by atoms with Crippen LogP contribution in [0.15, 0.2) is 53.4 Å². The van der Waals surface area contributed by atoms with Gasteiger partial charge in [-0.2, -0.15) is 4.72 Å². The van der Waals surface area contributed by atoms with E-state index in [1.165, 1.54) is 6.07 Å². The Labute approximate surface area is 147 Å². The number of aryl methyl sites for hydroxylation is 2. The molecule has 0 saturated heterocycles. The molecule has 0 aliphatic carbocycles. The lowest BCUT2D eigenvalue weighted by atomic mass is 10.1. The molecule has 6 nitrogen and oxygen atoms in total. The van der Waals surface area contributed by atoms with Crippen molar-refractivity contribution in [2.45, 2.75) is 18.7 Å². The number of ether oxygens (including phenoxy) is 2. The fraction of sp³-hybridized carbons (Fsp3) is 0.278. The number of esters is 1. The molecular weight excluding hydrogens is 342 g/mol. The second kappa shape index (κ2) is 8.64. The third-order valence-electron chi connectivity index (χ3n) is 3.55. The zero-order valence-electron chi connectivity index (χ0n) is 14.2. The molecule has 0 radical (unpaired) electrons. The Hall–Kier alpha value is -2.38. The van der Waals surface area contributed by atoms with Crippen LogP contribution in [0.4, 0.5) is 0 Å². The van der Waals surface area contributed by atoms with Gasteiger partial charge in [0.15, 0.2) is 0 Å². The molecule has 0 saturated carbocycles. The van der Waals surface area contributed by atoms with Crippen molar-refractivity contribution in [3.05, 3.63) is 59.7 Å². The minimum absolute atomic E-state index is 0.0408. The van der Waals surface area contributed by atoms with E-state index >= 15 is 0 Å². The van der Waals surface area contributed by atoms with E-state index in [2.05, 4.69) is 4.72 Å². The molecule has 0 aliphatic heterocycles. The molecule has 2 aromatic carbocycles. The molecule has 0 aliphatic rings. The Morgan fingerprint density at radius 1 is 1.00 bits per heavy atom. The zero-order valence-corrected chi connectivity index (χ0v) is 15.0. The summed E-state index contributed by atoms with van der Waals surface area (Å²) in [6.07, 6.45) is 0. The van der Waals surface area contributed by atoms with Gasteiger partial charge in [-0.1, -0.05) is 24.3 Å². The van der Waals surface area contributed by atoms with Crippen molar-refractivity contribution in [2.24, 2.45) is 0 Å². The topological polar surface area (TPSA) is 81.7 Å². The summed E-state index contributed by atoms with van der Waals surface area (Å²) in [5.74, 6) is 0.0121. The molecule has 1 N–H and O–H groups in total. The number of hydrogen-bond donors (Lipinski definition) is 1. The molecule has 0 fully saturated rings. The first kappa shape index (κ1) is 19.0. The van der Waals surface area contributed by atoms with Crippen LogP contribution in [0.2, 0.25) is 0 Å². The Morgan fingerprint density at radius 2 is 1.72 bits per heavy atom. The SMILES string of the molecule is Cc1ccc(S(=O)(=O)NCC(=O)OCCOc2ccccc2)cc1C.